The quantitative estimate of drug-likeness (QED) is 0.872. The molecule has 2 heterocycles. The maximum atomic E-state index is 10.6. The molecule has 0 radical (unpaired) electrons. The molecule has 0 amide bonds. The Morgan fingerprint density at radius 1 is 1.56 bits per heavy atom. The molecule has 0 spiro atoms. The highest BCUT2D eigenvalue weighted by atomic mass is 32.1. The van der Waals surface area contributed by atoms with E-state index in [1.807, 2.05) is 22.9 Å². The molecule has 0 aromatic carbocycles. The Morgan fingerprint density at radius 2 is 2.38 bits per heavy atom. The lowest BCUT2D eigenvalue weighted by Gasteiger charge is -2.01. The number of carboxylic acids is 1. The van der Waals surface area contributed by atoms with Crippen LogP contribution < -0.4 is 5.73 Å². The average molecular weight is 254 g/mol. The van der Waals surface area contributed by atoms with Crippen molar-refractivity contribution in [2.24, 2.45) is 5.73 Å². The molecule has 0 saturated heterocycles. The van der Waals surface area contributed by atoms with Crippen LogP contribution in [-0.4, -0.2) is 22.1 Å². The lowest BCUT2D eigenvalue weighted by Crippen LogP contribution is -2.32. The molecule has 6 heteroatoms. The predicted octanol–water partition coefficient (Wildman–Crippen LogP) is 1.83. The van der Waals surface area contributed by atoms with E-state index in [0.717, 1.165) is 15.6 Å². The maximum absolute atomic E-state index is 10.6. The number of thiazole rings is 1. The number of aliphatic carboxylic acids is 1. The second kappa shape index (κ2) is 4.73. The number of rotatable bonds is 4. The summed E-state index contributed by atoms with van der Waals surface area (Å²) >= 11 is 3.13. The molecule has 1 unspecified atom stereocenters. The summed E-state index contributed by atoms with van der Waals surface area (Å²) < 4.78 is 0. The van der Waals surface area contributed by atoms with Crippen molar-refractivity contribution in [3.05, 3.63) is 28.6 Å². The number of carbonyl (C=O) groups is 1. The van der Waals surface area contributed by atoms with Crippen molar-refractivity contribution in [3.8, 4) is 9.88 Å². The number of nitrogens with two attached hydrogens (primary N) is 1. The normalized spacial score (nSPS) is 12.6. The van der Waals surface area contributed by atoms with Crippen molar-refractivity contribution in [3.63, 3.8) is 0 Å². The number of aromatic nitrogens is 1. The molecule has 1 atom stereocenters. The average Bonchev–Trinajstić information content (AvgIpc) is 2.85. The second-order valence-electron chi connectivity index (χ2n) is 3.27. The molecular weight excluding hydrogens is 244 g/mol. The highest BCUT2D eigenvalue weighted by Gasteiger charge is 2.14. The van der Waals surface area contributed by atoms with Crippen LogP contribution in [0.4, 0.5) is 0 Å². The van der Waals surface area contributed by atoms with E-state index in [1.54, 1.807) is 11.3 Å². The number of hydrogen-bond donors (Lipinski definition) is 2. The summed E-state index contributed by atoms with van der Waals surface area (Å²) in [5.41, 5.74) is 6.18. The van der Waals surface area contributed by atoms with Gasteiger partial charge in [0.05, 0.1) is 10.6 Å². The van der Waals surface area contributed by atoms with Crippen LogP contribution in [0.25, 0.3) is 9.88 Å². The first kappa shape index (κ1) is 11.3. The highest BCUT2D eigenvalue weighted by molar-refractivity contribution is 7.20. The van der Waals surface area contributed by atoms with Crippen molar-refractivity contribution >= 4 is 28.6 Å². The lowest BCUT2D eigenvalue weighted by molar-refractivity contribution is -0.138. The van der Waals surface area contributed by atoms with Gasteiger partial charge in [-0.05, 0) is 11.4 Å². The molecule has 0 fully saturated rings. The van der Waals surface area contributed by atoms with Crippen molar-refractivity contribution < 1.29 is 9.90 Å². The van der Waals surface area contributed by atoms with E-state index in [1.165, 1.54) is 11.3 Å². The van der Waals surface area contributed by atoms with Gasteiger partial charge in [-0.2, -0.15) is 0 Å². The van der Waals surface area contributed by atoms with Gasteiger partial charge in [-0.25, -0.2) is 4.98 Å². The van der Waals surface area contributed by atoms with E-state index < -0.39 is 12.0 Å². The van der Waals surface area contributed by atoms with Crippen molar-refractivity contribution in [2.75, 3.05) is 0 Å². The van der Waals surface area contributed by atoms with Crippen LogP contribution in [0.15, 0.2) is 22.9 Å². The molecule has 84 valence electrons. The Kier molecular flexibility index (Phi) is 3.33. The Morgan fingerprint density at radius 3 is 3.00 bits per heavy atom. The minimum Gasteiger partial charge on any atom is -0.480 e. The minimum atomic E-state index is -0.995. The van der Waals surface area contributed by atoms with Crippen LogP contribution in [0, 0.1) is 0 Å². The second-order valence-corrected chi connectivity index (χ2v) is 5.08. The van der Waals surface area contributed by atoms with Gasteiger partial charge < -0.3 is 10.8 Å². The van der Waals surface area contributed by atoms with Crippen LogP contribution in [-0.2, 0) is 11.2 Å². The summed E-state index contributed by atoms with van der Waals surface area (Å²) in [4.78, 5) is 16.0. The number of nitrogens with zero attached hydrogens (tertiary/aromatic N) is 1. The molecule has 4 nitrogen and oxygen atoms in total. The summed E-state index contributed by atoms with van der Waals surface area (Å²) in [5, 5.41) is 13.5. The lowest BCUT2D eigenvalue weighted by atomic mass is 10.2. The van der Waals surface area contributed by atoms with Gasteiger partial charge in [0, 0.05) is 11.8 Å². The first-order valence-electron chi connectivity index (χ1n) is 4.63. The number of hydrogen-bond acceptors (Lipinski definition) is 5. The van der Waals surface area contributed by atoms with Crippen LogP contribution in [0.3, 0.4) is 0 Å². The summed E-state index contributed by atoms with van der Waals surface area (Å²) in [6, 6.07) is 3.08. The fourth-order valence-corrected chi connectivity index (χ4v) is 2.87. The third-order valence-corrected chi connectivity index (χ3v) is 3.96. The van der Waals surface area contributed by atoms with Gasteiger partial charge in [0.1, 0.15) is 11.0 Å². The van der Waals surface area contributed by atoms with Crippen molar-refractivity contribution in [1.82, 2.24) is 4.98 Å². The SMILES string of the molecule is NC(Cc1csc(-c2cccs2)n1)C(=O)O. The summed E-state index contributed by atoms with van der Waals surface area (Å²) in [5.74, 6) is -0.995. The summed E-state index contributed by atoms with van der Waals surface area (Å²) in [6.07, 6.45) is 0.275. The molecule has 2 aromatic heterocycles. The summed E-state index contributed by atoms with van der Waals surface area (Å²) in [7, 11) is 0. The maximum Gasteiger partial charge on any atom is 0.320 e. The van der Waals surface area contributed by atoms with Gasteiger partial charge in [0.15, 0.2) is 0 Å². The monoisotopic (exact) mass is 254 g/mol. The van der Waals surface area contributed by atoms with Crippen LogP contribution in [0.1, 0.15) is 5.69 Å². The molecule has 16 heavy (non-hydrogen) atoms. The van der Waals surface area contributed by atoms with Gasteiger partial charge in [0.2, 0.25) is 0 Å². The Hall–Kier alpha value is -1.24. The van der Waals surface area contributed by atoms with E-state index in [4.69, 9.17) is 10.8 Å². The van der Waals surface area contributed by atoms with Gasteiger partial charge in [-0.1, -0.05) is 6.07 Å². The van der Waals surface area contributed by atoms with E-state index in [0.29, 0.717) is 0 Å². The molecule has 2 rings (SSSR count). The highest BCUT2D eigenvalue weighted by Crippen LogP contribution is 2.27. The predicted molar refractivity (Wildman–Crippen MR) is 64.7 cm³/mol. The standard InChI is InChI=1S/C10H10N2O2S2/c11-7(10(13)14)4-6-5-16-9(12-6)8-2-1-3-15-8/h1-3,5,7H,4,11H2,(H,13,14). The molecule has 2 aromatic rings. The van der Waals surface area contributed by atoms with Crippen molar-refractivity contribution in [1.29, 1.82) is 0 Å². The van der Waals surface area contributed by atoms with E-state index >= 15 is 0 Å². The Balaban J connectivity index is 2.11. The van der Waals surface area contributed by atoms with E-state index in [2.05, 4.69) is 4.98 Å². The van der Waals surface area contributed by atoms with Crippen molar-refractivity contribution in [2.45, 2.75) is 12.5 Å². The first-order chi connectivity index (χ1) is 7.66. The molecule has 0 aliphatic carbocycles. The smallest absolute Gasteiger partial charge is 0.320 e. The minimum absolute atomic E-state index is 0.275. The molecule has 0 aliphatic rings. The van der Waals surface area contributed by atoms with Crippen LogP contribution in [0.5, 0.6) is 0 Å². The van der Waals surface area contributed by atoms with Gasteiger partial charge >= 0.3 is 5.97 Å². The Bertz CT molecular complexity index is 479. The topological polar surface area (TPSA) is 76.2 Å². The number of carboxylic acid groups (broad SMARTS) is 1. The third-order valence-electron chi connectivity index (χ3n) is 2.03. The zero-order valence-corrected chi connectivity index (χ0v) is 9.92. The van der Waals surface area contributed by atoms with Gasteiger partial charge in [-0.15, -0.1) is 22.7 Å². The zero-order valence-electron chi connectivity index (χ0n) is 8.29. The number of thiophene rings is 1. The molecular formula is C10H10N2O2S2. The third kappa shape index (κ3) is 2.46. The first-order valence-corrected chi connectivity index (χ1v) is 6.39. The molecule has 0 aliphatic heterocycles. The Labute approximate surface area is 100 Å². The fraction of sp³-hybridized carbons (Fsp3) is 0.200. The largest absolute Gasteiger partial charge is 0.480 e. The van der Waals surface area contributed by atoms with Gasteiger partial charge in [0.25, 0.3) is 0 Å². The van der Waals surface area contributed by atoms with Crippen LogP contribution in [0.2, 0.25) is 0 Å². The molecule has 0 saturated carbocycles. The summed E-state index contributed by atoms with van der Waals surface area (Å²) in [6.45, 7) is 0. The fourth-order valence-electron chi connectivity index (χ4n) is 1.23. The zero-order chi connectivity index (χ0) is 11.5. The van der Waals surface area contributed by atoms with E-state index in [9.17, 15) is 4.79 Å². The van der Waals surface area contributed by atoms with E-state index in [-0.39, 0.29) is 6.42 Å². The van der Waals surface area contributed by atoms with Crippen LogP contribution >= 0.6 is 22.7 Å². The molecule has 0 bridgehead atoms. The molecule has 3 N–H and O–H groups in total. The van der Waals surface area contributed by atoms with Gasteiger partial charge in [-0.3, -0.25) is 4.79 Å².